The molecule has 0 spiro atoms. The molecule has 0 unspecified atom stereocenters. The summed E-state index contributed by atoms with van der Waals surface area (Å²) >= 11 is 6.07. The number of piperazine rings is 1. The summed E-state index contributed by atoms with van der Waals surface area (Å²) in [5.41, 5.74) is 1.06. The zero-order chi connectivity index (χ0) is 13.9. The molecule has 1 atom stereocenters. The Balaban J connectivity index is 1.90. The normalized spacial score (nSPS) is 23.1. The first-order chi connectivity index (χ1) is 9.74. The van der Waals surface area contributed by atoms with E-state index in [4.69, 9.17) is 11.6 Å². The lowest BCUT2D eigenvalue weighted by Crippen LogP contribution is -2.46. The molecule has 20 heavy (non-hydrogen) atoms. The molecule has 0 bridgehead atoms. The second-order valence-corrected chi connectivity index (χ2v) is 6.41. The van der Waals surface area contributed by atoms with Gasteiger partial charge in [-0.3, -0.25) is 4.90 Å². The molecule has 1 aliphatic heterocycles. The van der Waals surface area contributed by atoms with Crippen LogP contribution in [0.1, 0.15) is 37.3 Å². The van der Waals surface area contributed by atoms with Crippen molar-refractivity contribution in [1.29, 1.82) is 0 Å². The molecule has 2 nitrogen and oxygen atoms in total. The smallest absolute Gasteiger partial charge is 0.125 e. The number of benzene rings is 1. The number of nitrogens with one attached hydrogen (secondary N) is 1. The van der Waals surface area contributed by atoms with E-state index in [1.165, 1.54) is 31.7 Å². The highest BCUT2D eigenvalue weighted by Crippen LogP contribution is 2.40. The molecule has 0 amide bonds. The van der Waals surface area contributed by atoms with E-state index in [9.17, 15) is 4.39 Å². The Morgan fingerprint density at radius 1 is 1.15 bits per heavy atom. The summed E-state index contributed by atoms with van der Waals surface area (Å²) in [6, 6.07) is 5.36. The first-order valence-electron chi connectivity index (χ1n) is 7.65. The Morgan fingerprint density at radius 2 is 1.85 bits per heavy atom. The van der Waals surface area contributed by atoms with Gasteiger partial charge in [-0.1, -0.05) is 24.4 Å². The Labute approximate surface area is 125 Å². The summed E-state index contributed by atoms with van der Waals surface area (Å²) in [5, 5.41) is 3.90. The molecule has 1 aromatic rings. The molecule has 1 heterocycles. The Hall–Kier alpha value is -0.640. The SMILES string of the molecule is Fc1cc(Cl)cc([C@H](C2CCCC2)N2CCNCC2)c1. The number of halogens is 2. The van der Waals surface area contributed by atoms with Crippen molar-refractivity contribution in [2.75, 3.05) is 26.2 Å². The predicted octanol–water partition coefficient (Wildman–Crippen LogP) is 3.62. The molecule has 1 aromatic carbocycles. The quantitative estimate of drug-likeness (QED) is 0.916. The Kier molecular flexibility index (Phi) is 4.59. The molecule has 0 radical (unpaired) electrons. The van der Waals surface area contributed by atoms with E-state index in [1.54, 1.807) is 6.07 Å². The fraction of sp³-hybridized carbons (Fsp3) is 0.625. The molecule has 1 aliphatic carbocycles. The minimum absolute atomic E-state index is 0.217. The maximum atomic E-state index is 13.7. The topological polar surface area (TPSA) is 15.3 Å². The molecule has 1 saturated heterocycles. The van der Waals surface area contributed by atoms with E-state index in [0.717, 1.165) is 31.7 Å². The van der Waals surface area contributed by atoms with Crippen LogP contribution in [0.25, 0.3) is 0 Å². The molecule has 1 N–H and O–H groups in total. The van der Waals surface area contributed by atoms with E-state index in [-0.39, 0.29) is 5.82 Å². The summed E-state index contributed by atoms with van der Waals surface area (Å²) in [6.45, 7) is 4.11. The van der Waals surface area contributed by atoms with Crippen molar-refractivity contribution in [2.24, 2.45) is 5.92 Å². The van der Waals surface area contributed by atoms with E-state index < -0.39 is 0 Å². The van der Waals surface area contributed by atoms with Gasteiger partial charge in [0.1, 0.15) is 5.82 Å². The van der Waals surface area contributed by atoms with E-state index in [0.29, 0.717) is 17.0 Å². The molecular weight excluding hydrogens is 275 g/mol. The van der Waals surface area contributed by atoms with Crippen LogP contribution in [0.5, 0.6) is 0 Å². The predicted molar refractivity (Wildman–Crippen MR) is 80.6 cm³/mol. The highest BCUT2D eigenvalue weighted by Gasteiger charge is 2.32. The number of hydrogen-bond donors (Lipinski definition) is 1. The molecule has 110 valence electrons. The zero-order valence-corrected chi connectivity index (χ0v) is 12.5. The molecule has 4 heteroatoms. The second kappa shape index (κ2) is 6.42. The van der Waals surface area contributed by atoms with Crippen LogP contribution in [-0.2, 0) is 0 Å². The maximum Gasteiger partial charge on any atom is 0.125 e. The van der Waals surface area contributed by atoms with Crippen molar-refractivity contribution in [3.05, 3.63) is 34.6 Å². The number of rotatable bonds is 3. The van der Waals surface area contributed by atoms with Gasteiger partial charge in [-0.25, -0.2) is 4.39 Å². The fourth-order valence-corrected chi connectivity index (χ4v) is 3.99. The van der Waals surface area contributed by atoms with Gasteiger partial charge in [0.2, 0.25) is 0 Å². The second-order valence-electron chi connectivity index (χ2n) is 5.98. The van der Waals surface area contributed by atoms with Crippen LogP contribution in [0.3, 0.4) is 0 Å². The maximum absolute atomic E-state index is 13.7. The van der Waals surface area contributed by atoms with Gasteiger partial charge in [0.05, 0.1) is 0 Å². The first kappa shape index (κ1) is 14.3. The monoisotopic (exact) mass is 296 g/mol. The molecular formula is C16H22ClFN2. The van der Waals surface area contributed by atoms with Crippen molar-refractivity contribution in [2.45, 2.75) is 31.7 Å². The van der Waals surface area contributed by atoms with E-state index in [2.05, 4.69) is 10.2 Å². The third-order valence-electron chi connectivity index (χ3n) is 4.62. The molecule has 3 rings (SSSR count). The van der Waals surface area contributed by atoms with Gasteiger partial charge >= 0.3 is 0 Å². The summed E-state index contributed by atoms with van der Waals surface area (Å²) in [4.78, 5) is 2.51. The van der Waals surface area contributed by atoms with Crippen LogP contribution in [-0.4, -0.2) is 31.1 Å². The average molecular weight is 297 g/mol. The molecule has 1 saturated carbocycles. The zero-order valence-electron chi connectivity index (χ0n) is 11.7. The summed E-state index contributed by atoms with van der Waals surface area (Å²) in [7, 11) is 0. The van der Waals surface area contributed by atoms with Crippen LogP contribution in [0.4, 0.5) is 4.39 Å². The van der Waals surface area contributed by atoms with Gasteiger partial charge < -0.3 is 5.32 Å². The van der Waals surface area contributed by atoms with Crippen molar-refractivity contribution in [3.8, 4) is 0 Å². The third-order valence-corrected chi connectivity index (χ3v) is 4.84. The van der Waals surface area contributed by atoms with Crippen molar-refractivity contribution >= 4 is 11.6 Å². The molecule has 2 aliphatic rings. The molecule has 2 fully saturated rings. The lowest BCUT2D eigenvalue weighted by Gasteiger charge is -2.38. The van der Waals surface area contributed by atoms with Gasteiger partial charge in [-0.15, -0.1) is 0 Å². The van der Waals surface area contributed by atoms with Crippen LogP contribution in [0.15, 0.2) is 18.2 Å². The summed E-state index contributed by atoms with van der Waals surface area (Å²) in [6.07, 6.45) is 5.11. The fourth-order valence-electron chi connectivity index (χ4n) is 3.76. The van der Waals surface area contributed by atoms with Gasteiger partial charge in [-0.2, -0.15) is 0 Å². The van der Waals surface area contributed by atoms with E-state index >= 15 is 0 Å². The van der Waals surface area contributed by atoms with E-state index in [1.807, 2.05) is 6.07 Å². The van der Waals surface area contributed by atoms with Crippen molar-refractivity contribution in [3.63, 3.8) is 0 Å². The standard InChI is InChI=1S/C16H22ClFN2/c17-14-9-13(10-15(18)11-14)16(12-3-1-2-4-12)20-7-5-19-6-8-20/h9-12,16,19H,1-8H2/t16-/m0/s1. The Morgan fingerprint density at radius 3 is 2.50 bits per heavy atom. The molecule has 0 aromatic heterocycles. The minimum atomic E-state index is -0.217. The number of nitrogens with zero attached hydrogens (tertiary/aromatic N) is 1. The largest absolute Gasteiger partial charge is 0.314 e. The van der Waals surface area contributed by atoms with Crippen LogP contribution in [0, 0.1) is 11.7 Å². The van der Waals surface area contributed by atoms with Crippen LogP contribution >= 0.6 is 11.6 Å². The van der Waals surface area contributed by atoms with Gasteiger partial charge in [0, 0.05) is 37.2 Å². The highest BCUT2D eigenvalue weighted by atomic mass is 35.5. The number of hydrogen-bond acceptors (Lipinski definition) is 2. The Bertz CT molecular complexity index is 434. The minimum Gasteiger partial charge on any atom is -0.314 e. The highest BCUT2D eigenvalue weighted by molar-refractivity contribution is 6.30. The van der Waals surface area contributed by atoms with Gasteiger partial charge in [0.15, 0.2) is 0 Å². The van der Waals surface area contributed by atoms with Crippen LogP contribution < -0.4 is 5.32 Å². The summed E-state index contributed by atoms with van der Waals surface area (Å²) < 4.78 is 13.7. The summed E-state index contributed by atoms with van der Waals surface area (Å²) in [5.74, 6) is 0.427. The van der Waals surface area contributed by atoms with Gasteiger partial charge in [0.25, 0.3) is 0 Å². The lowest BCUT2D eigenvalue weighted by molar-refractivity contribution is 0.125. The lowest BCUT2D eigenvalue weighted by atomic mass is 9.89. The van der Waals surface area contributed by atoms with Crippen molar-refractivity contribution < 1.29 is 4.39 Å². The van der Waals surface area contributed by atoms with Crippen LogP contribution in [0.2, 0.25) is 5.02 Å². The van der Waals surface area contributed by atoms with Gasteiger partial charge in [-0.05, 0) is 42.5 Å². The first-order valence-corrected chi connectivity index (χ1v) is 8.02. The van der Waals surface area contributed by atoms with Crippen molar-refractivity contribution in [1.82, 2.24) is 10.2 Å². The third kappa shape index (κ3) is 3.16. The average Bonchev–Trinajstić information content (AvgIpc) is 2.93.